The Kier molecular flexibility index (Phi) is 3.57. The van der Waals surface area contributed by atoms with E-state index >= 15 is 0 Å². The van der Waals surface area contributed by atoms with Crippen molar-refractivity contribution in [1.29, 1.82) is 0 Å². The Hall–Kier alpha value is -3.08. The van der Waals surface area contributed by atoms with E-state index in [-0.39, 0.29) is 12.2 Å². The molecule has 0 spiro atoms. The summed E-state index contributed by atoms with van der Waals surface area (Å²) >= 11 is 0. The first-order chi connectivity index (χ1) is 13.1. The number of fused-ring (bicyclic) bond motifs is 2. The molecule has 1 atom stereocenters. The highest BCUT2D eigenvalue weighted by Gasteiger charge is 2.38. The molecule has 27 heavy (non-hydrogen) atoms. The van der Waals surface area contributed by atoms with Crippen LogP contribution in [0.4, 0.5) is 0 Å². The van der Waals surface area contributed by atoms with Crippen molar-refractivity contribution < 1.29 is 14.6 Å². The Morgan fingerprint density at radius 1 is 1.11 bits per heavy atom. The molecule has 0 saturated heterocycles. The number of benzene rings is 2. The third-order valence-electron chi connectivity index (χ3n) is 5.55. The molecule has 2 heterocycles. The maximum atomic E-state index is 12.7. The fraction of sp³-hybridized carbons (Fsp3) is 0.273. The van der Waals surface area contributed by atoms with E-state index in [1.165, 1.54) is 15.3 Å². The number of aliphatic carboxylic acids is 1. The van der Waals surface area contributed by atoms with Crippen LogP contribution in [0.3, 0.4) is 0 Å². The van der Waals surface area contributed by atoms with Crippen LogP contribution in [0.2, 0.25) is 0 Å². The molecule has 1 aliphatic carbocycles. The fourth-order valence-electron chi connectivity index (χ4n) is 4.13. The van der Waals surface area contributed by atoms with Crippen LogP contribution in [0, 0.1) is 0 Å². The topological polar surface area (TPSA) is 68.5 Å². The zero-order valence-corrected chi connectivity index (χ0v) is 14.7. The van der Waals surface area contributed by atoms with Gasteiger partial charge in [0, 0.05) is 11.6 Å². The van der Waals surface area contributed by atoms with E-state index in [1.807, 2.05) is 18.2 Å². The molecular formula is C22H19NO4. The number of ether oxygens (including phenoxy) is 1. The van der Waals surface area contributed by atoms with Gasteiger partial charge in [0.05, 0.1) is 0 Å². The highest BCUT2D eigenvalue weighted by Crippen LogP contribution is 2.47. The first kappa shape index (κ1) is 16.1. The maximum Gasteiger partial charge on any atom is 0.330 e. The molecule has 0 radical (unpaired) electrons. The minimum atomic E-state index is -1.03. The maximum absolute atomic E-state index is 12.7. The van der Waals surface area contributed by atoms with Crippen LogP contribution >= 0.6 is 0 Å². The summed E-state index contributed by atoms with van der Waals surface area (Å²) in [7, 11) is 0. The molecule has 5 nitrogen and oxygen atoms in total. The Bertz CT molecular complexity index is 1120. The van der Waals surface area contributed by atoms with E-state index in [9.17, 15) is 14.7 Å². The molecule has 1 fully saturated rings. The van der Waals surface area contributed by atoms with Crippen molar-refractivity contribution in [3.05, 3.63) is 75.6 Å². The van der Waals surface area contributed by atoms with Crippen molar-refractivity contribution in [2.45, 2.75) is 31.2 Å². The minimum Gasteiger partial charge on any atom is -0.480 e. The van der Waals surface area contributed by atoms with Gasteiger partial charge in [0.25, 0.3) is 5.56 Å². The Balaban J connectivity index is 1.66. The van der Waals surface area contributed by atoms with E-state index in [4.69, 9.17) is 4.74 Å². The summed E-state index contributed by atoms with van der Waals surface area (Å²) in [5, 5.41) is 11.8. The highest BCUT2D eigenvalue weighted by molar-refractivity contribution is 5.86. The lowest BCUT2D eigenvalue weighted by Gasteiger charge is -2.15. The molecule has 2 aromatic carbocycles. The second-order valence-corrected chi connectivity index (χ2v) is 7.35. The van der Waals surface area contributed by atoms with E-state index in [0.717, 1.165) is 29.5 Å². The SMILES string of the molecule is O=C(O)C1COc2c(C3CC3)c(Cc3cccc4ccccc34)cc(=O)n21. The van der Waals surface area contributed by atoms with Gasteiger partial charge in [-0.2, -0.15) is 0 Å². The minimum absolute atomic E-state index is 0.0159. The molecule has 136 valence electrons. The number of pyridine rings is 1. The van der Waals surface area contributed by atoms with Crippen LogP contribution in [0.25, 0.3) is 10.8 Å². The molecule has 3 aromatic rings. The van der Waals surface area contributed by atoms with Gasteiger partial charge in [-0.25, -0.2) is 4.79 Å². The molecule has 0 amide bonds. The number of carboxylic acid groups (broad SMARTS) is 1. The van der Waals surface area contributed by atoms with Gasteiger partial charge in [0.1, 0.15) is 6.61 Å². The first-order valence-corrected chi connectivity index (χ1v) is 9.24. The average Bonchev–Trinajstić information content (AvgIpc) is 3.39. The van der Waals surface area contributed by atoms with Crippen molar-refractivity contribution in [2.75, 3.05) is 6.61 Å². The van der Waals surface area contributed by atoms with Gasteiger partial charge in [-0.3, -0.25) is 9.36 Å². The molecule has 1 aliphatic heterocycles. The van der Waals surface area contributed by atoms with Crippen molar-refractivity contribution in [3.8, 4) is 5.88 Å². The summed E-state index contributed by atoms with van der Waals surface area (Å²) in [6.07, 6.45) is 2.74. The third-order valence-corrected chi connectivity index (χ3v) is 5.55. The molecule has 1 saturated carbocycles. The number of carboxylic acids is 1. The van der Waals surface area contributed by atoms with Crippen LogP contribution in [0.15, 0.2) is 53.3 Å². The predicted octanol–water partition coefficient (Wildman–Crippen LogP) is 3.49. The fourth-order valence-corrected chi connectivity index (χ4v) is 4.13. The van der Waals surface area contributed by atoms with E-state index in [2.05, 4.69) is 24.3 Å². The van der Waals surface area contributed by atoms with Crippen molar-refractivity contribution >= 4 is 16.7 Å². The Morgan fingerprint density at radius 2 is 1.89 bits per heavy atom. The van der Waals surface area contributed by atoms with E-state index in [0.29, 0.717) is 18.2 Å². The summed E-state index contributed by atoms with van der Waals surface area (Å²) in [5.74, 6) is -0.212. The molecule has 5 heteroatoms. The van der Waals surface area contributed by atoms with Crippen LogP contribution in [0.1, 0.15) is 41.5 Å². The third kappa shape index (κ3) is 2.62. The van der Waals surface area contributed by atoms with E-state index in [1.54, 1.807) is 6.07 Å². The molecule has 1 aromatic heterocycles. The molecule has 5 rings (SSSR count). The monoisotopic (exact) mass is 361 g/mol. The summed E-state index contributed by atoms with van der Waals surface area (Å²) in [6.45, 7) is 0.0159. The molecule has 2 aliphatic rings. The Labute approximate surface area is 155 Å². The lowest BCUT2D eigenvalue weighted by molar-refractivity contribution is -0.140. The first-order valence-electron chi connectivity index (χ1n) is 9.24. The van der Waals surface area contributed by atoms with Crippen LogP contribution in [-0.2, 0) is 11.2 Å². The average molecular weight is 361 g/mol. The highest BCUT2D eigenvalue weighted by atomic mass is 16.5. The number of hydrogen-bond acceptors (Lipinski definition) is 3. The standard InChI is InChI=1S/C22H19NO4/c24-19-11-16(10-15-6-3-5-13-4-1-2-7-17(13)15)20(14-8-9-14)21-23(19)18(12-27-21)22(25)26/h1-7,11,14,18H,8-10,12H2,(H,25,26). The van der Waals surface area contributed by atoms with Crippen molar-refractivity contribution in [1.82, 2.24) is 4.57 Å². The van der Waals surface area contributed by atoms with Gasteiger partial charge in [-0.15, -0.1) is 0 Å². The number of rotatable bonds is 4. The van der Waals surface area contributed by atoms with Gasteiger partial charge in [-0.1, -0.05) is 42.5 Å². The largest absolute Gasteiger partial charge is 0.480 e. The lowest BCUT2D eigenvalue weighted by atomic mass is 9.94. The molecule has 0 bridgehead atoms. The molecule has 1 unspecified atom stereocenters. The zero-order valence-electron chi connectivity index (χ0n) is 14.7. The van der Waals surface area contributed by atoms with Gasteiger partial charge in [-0.05, 0) is 47.1 Å². The number of nitrogens with zero attached hydrogens (tertiary/aromatic N) is 1. The van der Waals surface area contributed by atoms with Crippen LogP contribution < -0.4 is 10.3 Å². The summed E-state index contributed by atoms with van der Waals surface area (Å²) < 4.78 is 7.06. The number of carbonyl (C=O) groups is 1. The summed E-state index contributed by atoms with van der Waals surface area (Å²) in [5.41, 5.74) is 2.84. The Morgan fingerprint density at radius 3 is 2.67 bits per heavy atom. The van der Waals surface area contributed by atoms with Gasteiger partial charge < -0.3 is 9.84 Å². The van der Waals surface area contributed by atoms with Crippen LogP contribution in [0.5, 0.6) is 5.88 Å². The zero-order chi connectivity index (χ0) is 18.5. The van der Waals surface area contributed by atoms with Gasteiger partial charge in [0.15, 0.2) is 6.04 Å². The van der Waals surface area contributed by atoms with Crippen molar-refractivity contribution in [2.24, 2.45) is 0 Å². The van der Waals surface area contributed by atoms with E-state index < -0.39 is 12.0 Å². The normalized spacial score (nSPS) is 18.3. The number of aromatic nitrogens is 1. The number of hydrogen-bond donors (Lipinski definition) is 1. The van der Waals surface area contributed by atoms with Gasteiger partial charge >= 0.3 is 5.97 Å². The summed E-state index contributed by atoms with van der Waals surface area (Å²) in [6, 6.07) is 15.1. The second-order valence-electron chi connectivity index (χ2n) is 7.35. The molecular weight excluding hydrogens is 342 g/mol. The lowest BCUT2D eigenvalue weighted by Crippen LogP contribution is -2.28. The smallest absolute Gasteiger partial charge is 0.330 e. The quantitative estimate of drug-likeness (QED) is 0.772. The van der Waals surface area contributed by atoms with Crippen LogP contribution in [-0.4, -0.2) is 22.2 Å². The van der Waals surface area contributed by atoms with Crippen molar-refractivity contribution in [3.63, 3.8) is 0 Å². The predicted molar refractivity (Wildman–Crippen MR) is 102 cm³/mol. The molecule has 1 N–H and O–H groups in total. The second kappa shape index (κ2) is 5.98. The van der Waals surface area contributed by atoms with Gasteiger partial charge in [0.2, 0.25) is 5.88 Å². The summed E-state index contributed by atoms with van der Waals surface area (Å²) in [4.78, 5) is 24.2.